The molecule has 0 saturated carbocycles. The normalized spacial score (nSPS) is 17.9. The van der Waals surface area contributed by atoms with E-state index in [0.29, 0.717) is 57.8 Å². The molecule has 2 aromatic carbocycles. The van der Waals surface area contributed by atoms with Gasteiger partial charge in [0.2, 0.25) is 11.8 Å². The monoisotopic (exact) mass is 471 g/mol. The lowest BCUT2D eigenvalue weighted by atomic mass is 9.94. The van der Waals surface area contributed by atoms with Gasteiger partial charge in [-0.1, -0.05) is 36.4 Å². The van der Waals surface area contributed by atoms with Crippen LogP contribution in [0, 0.1) is 5.92 Å². The number of carbonyl (C=O) groups is 2. The molecule has 5 nitrogen and oxygen atoms in total. The molecule has 34 heavy (non-hydrogen) atoms. The molecule has 4 rings (SSSR count). The Bertz CT molecular complexity index is 1020. The molecule has 180 valence electrons. The first-order valence-electron chi connectivity index (χ1n) is 11.5. The predicted octanol–water partition coefficient (Wildman–Crippen LogP) is 4.31. The van der Waals surface area contributed by atoms with E-state index >= 15 is 0 Å². The van der Waals surface area contributed by atoms with Crippen LogP contribution < -0.4 is 4.90 Å². The molecule has 2 amide bonds. The van der Waals surface area contributed by atoms with Gasteiger partial charge < -0.3 is 14.7 Å². The molecule has 0 atom stereocenters. The zero-order chi connectivity index (χ0) is 24.1. The molecule has 2 aliphatic heterocycles. The Hall–Kier alpha value is -3.29. The van der Waals surface area contributed by atoms with E-state index in [-0.39, 0.29) is 17.7 Å². The first-order valence-corrected chi connectivity index (χ1v) is 11.5. The van der Waals surface area contributed by atoms with Crippen molar-refractivity contribution in [3.05, 3.63) is 71.8 Å². The molecule has 0 bridgehead atoms. The fraction of sp³-hybridized carbons (Fsp3) is 0.385. The summed E-state index contributed by atoms with van der Waals surface area (Å²) in [6.07, 6.45) is 0.241. The summed E-state index contributed by atoms with van der Waals surface area (Å²) in [6.45, 7) is 3.03. The first kappa shape index (κ1) is 23.9. The van der Waals surface area contributed by atoms with E-state index in [1.54, 1.807) is 23.1 Å². The minimum absolute atomic E-state index is 0.0514. The Morgan fingerprint density at radius 2 is 1.50 bits per heavy atom. The van der Waals surface area contributed by atoms with Gasteiger partial charge in [-0.3, -0.25) is 9.59 Å². The van der Waals surface area contributed by atoms with Crippen LogP contribution in [0.1, 0.15) is 24.0 Å². The summed E-state index contributed by atoms with van der Waals surface area (Å²) >= 11 is 0. The molecule has 2 aliphatic rings. The number of halogens is 3. The van der Waals surface area contributed by atoms with Crippen LogP contribution in [0.25, 0.3) is 6.08 Å². The second kappa shape index (κ2) is 10.3. The zero-order valence-corrected chi connectivity index (χ0v) is 18.9. The van der Waals surface area contributed by atoms with Crippen molar-refractivity contribution in [2.45, 2.75) is 19.0 Å². The summed E-state index contributed by atoms with van der Waals surface area (Å²) in [6, 6.07) is 14.9. The molecular formula is C26H28F3N3O2. The minimum Gasteiger partial charge on any atom is -0.368 e. The number of alkyl halides is 3. The van der Waals surface area contributed by atoms with E-state index in [4.69, 9.17) is 0 Å². The van der Waals surface area contributed by atoms with Crippen molar-refractivity contribution in [2.75, 3.05) is 44.2 Å². The van der Waals surface area contributed by atoms with Gasteiger partial charge >= 0.3 is 6.18 Å². The summed E-state index contributed by atoms with van der Waals surface area (Å²) < 4.78 is 39.0. The number of amides is 2. The van der Waals surface area contributed by atoms with E-state index in [9.17, 15) is 22.8 Å². The van der Waals surface area contributed by atoms with Crippen LogP contribution in [0.15, 0.2) is 60.7 Å². The maximum Gasteiger partial charge on any atom is 0.416 e. The van der Waals surface area contributed by atoms with Crippen LogP contribution in [0.5, 0.6) is 0 Å². The predicted molar refractivity (Wildman–Crippen MR) is 125 cm³/mol. The largest absolute Gasteiger partial charge is 0.416 e. The third-order valence-electron chi connectivity index (χ3n) is 6.50. The summed E-state index contributed by atoms with van der Waals surface area (Å²) in [5, 5.41) is 0. The molecule has 0 spiro atoms. The van der Waals surface area contributed by atoms with Crippen molar-refractivity contribution in [2.24, 2.45) is 5.92 Å². The van der Waals surface area contributed by atoms with Crippen LogP contribution in [0.2, 0.25) is 0 Å². The molecule has 0 N–H and O–H groups in total. The van der Waals surface area contributed by atoms with E-state index in [1.807, 2.05) is 40.1 Å². The van der Waals surface area contributed by atoms with Gasteiger partial charge in [0.1, 0.15) is 0 Å². The number of hydrogen-bond acceptors (Lipinski definition) is 3. The number of piperazine rings is 1. The lowest BCUT2D eigenvalue weighted by molar-refractivity contribution is -0.139. The Kier molecular flexibility index (Phi) is 7.24. The standard InChI is InChI=1S/C26H28F3N3O2/c27-26(28,29)22-7-4-8-23(19-22)30-15-17-32(18-16-30)25(34)21-11-13-31(14-12-21)24(33)10-9-20-5-2-1-3-6-20/h1-10,19,21H,11-18H2/b10-9+. The Labute approximate surface area is 197 Å². The molecule has 0 aliphatic carbocycles. The number of anilines is 1. The van der Waals surface area contributed by atoms with Gasteiger partial charge in [0.05, 0.1) is 5.56 Å². The molecule has 0 radical (unpaired) electrons. The number of hydrogen-bond donors (Lipinski definition) is 0. The van der Waals surface area contributed by atoms with Gasteiger partial charge in [-0.2, -0.15) is 13.2 Å². The first-order chi connectivity index (χ1) is 16.3. The molecular weight excluding hydrogens is 443 g/mol. The minimum atomic E-state index is -4.37. The highest BCUT2D eigenvalue weighted by atomic mass is 19.4. The molecule has 2 heterocycles. The maximum atomic E-state index is 13.0. The molecule has 0 aromatic heterocycles. The average Bonchev–Trinajstić information content (AvgIpc) is 2.87. The van der Waals surface area contributed by atoms with E-state index in [0.717, 1.165) is 17.7 Å². The molecule has 2 aromatic rings. The van der Waals surface area contributed by atoms with Gasteiger partial charge in [-0.15, -0.1) is 0 Å². The summed E-state index contributed by atoms with van der Waals surface area (Å²) in [4.78, 5) is 31.0. The number of rotatable bonds is 4. The van der Waals surface area contributed by atoms with Crippen LogP contribution >= 0.6 is 0 Å². The second-order valence-electron chi connectivity index (χ2n) is 8.70. The highest BCUT2D eigenvalue weighted by molar-refractivity contribution is 5.92. The van der Waals surface area contributed by atoms with Gasteiger partial charge in [-0.25, -0.2) is 0 Å². The number of benzene rings is 2. The van der Waals surface area contributed by atoms with E-state index < -0.39 is 11.7 Å². The highest BCUT2D eigenvalue weighted by Gasteiger charge is 2.33. The summed E-state index contributed by atoms with van der Waals surface area (Å²) in [5.74, 6) is -0.0951. The van der Waals surface area contributed by atoms with E-state index in [1.165, 1.54) is 6.07 Å². The maximum absolute atomic E-state index is 13.0. The van der Waals surface area contributed by atoms with Crippen molar-refractivity contribution in [3.63, 3.8) is 0 Å². The number of piperidine rings is 1. The van der Waals surface area contributed by atoms with Crippen LogP contribution in [0.4, 0.5) is 18.9 Å². The van der Waals surface area contributed by atoms with Gasteiger partial charge in [0.25, 0.3) is 0 Å². The smallest absolute Gasteiger partial charge is 0.368 e. The average molecular weight is 472 g/mol. The zero-order valence-electron chi connectivity index (χ0n) is 18.9. The molecule has 2 fully saturated rings. The molecule has 8 heteroatoms. The Morgan fingerprint density at radius 1 is 0.824 bits per heavy atom. The lowest BCUT2D eigenvalue weighted by Gasteiger charge is -2.39. The topological polar surface area (TPSA) is 43.9 Å². The summed E-state index contributed by atoms with van der Waals surface area (Å²) in [5.41, 5.74) is 0.825. The third-order valence-corrected chi connectivity index (χ3v) is 6.50. The third kappa shape index (κ3) is 5.79. The van der Waals surface area contributed by atoms with Crippen molar-refractivity contribution in [3.8, 4) is 0 Å². The quantitative estimate of drug-likeness (QED) is 0.625. The Morgan fingerprint density at radius 3 is 2.15 bits per heavy atom. The number of nitrogens with zero attached hydrogens (tertiary/aromatic N) is 3. The molecule has 0 unspecified atom stereocenters. The van der Waals surface area contributed by atoms with Crippen molar-refractivity contribution in [1.29, 1.82) is 0 Å². The number of likely N-dealkylation sites (tertiary alicyclic amines) is 1. The second-order valence-corrected chi connectivity index (χ2v) is 8.70. The fourth-order valence-corrected chi connectivity index (χ4v) is 4.51. The highest BCUT2D eigenvalue weighted by Crippen LogP contribution is 2.32. The SMILES string of the molecule is O=C(/C=C/c1ccccc1)N1CCC(C(=O)N2CCN(c3cccc(C(F)(F)F)c3)CC2)CC1. The van der Waals surface area contributed by atoms with Crippen molar-refractivity contribution in [1.82, 2.24) is 9.80 Å². The fourth-order valence-electron chi connectivity index (χ4n) is 4.51. The van der Waals surface area contributed by atoms with Gasteiger partial charge in [0, 0.05) is 56.9 Å². The van der Waals surface area contributed by atoms with Crippen LogP contribution in [-0.2, 0) is 15.8 Å². The lowest BCUT2D eigenvalue weighted by Crippen LogP contribution is -2.52. The van der Waals surface area contributed by atoms with Crippen LogP contribution in [-0.4, -0.2) is 60.9 Å². The number of carbonyl (C=O) groups excluding carboxylic acids is 2. The van der Waals surface area contributed by atoms with Crippen LogP contribution in [0.3, 0.4) is 0 Å². The Balaban J connectivity index is 1.25. The van der Waals surface area contributed by atoms with Gasteiger partial charge in [0.15, 0.2) is 0 Å². The molecule has 2 saturated heterocycles. The summed E-state index contributed by atoms with van der Waals surface area (Å²) in [7, 11) is 0. The van der Waals surface area contributed by atoms with Gasteiger partial charge in [-0.05, 0) is 42.7 Å². The van der Waals surface area contributed by atoms with Crippen molar-refractivity contribution < 1.29 is 22.8 Å². The van der Waals surface area contributed by atoms with E-state index in [2.05, 4.69) is 0 Å². The van der Waals surface area contributed by atoms with Crippen molar-refractivity contribution >= 4 is 23.6 Å².